The average Bonchev–Trinajstić information content (AvgIpc) is 2.92. The molecule has 0 bridgehead atoms. The van der Waals surface area contributed by atoms with E-state index in [1.165, 1.54) is 7.11 Å². The van der Waals surface area contributed by atoms with Crippen LogP contribution in [0.1, 0.15) is 53.2 Å². The number of hydrogen-bond donors (Lipinski definition) is 3. The summed E-state index contributed by atoms with van der Waals surface area (Å²) in [4.78, 5) is 40.8. The van der Waals surface area contributed by atoms with Crippen LogP contribution >= 0.6 is 0 Å². The Morgan fingerprint density at radius 2 is 1.74 bits per heavy atom. The van der Waals surface area contributed by atoms with E-state index in [2.05, 4.69) is 10.3 Å². The SMILES string of the molecule is CCOC(=O)c1c[nH]c(=O)c([C@@H](CC(=O)NCc2ccc(OC)c(OCC)c2)c2ccc(OC)cc2)c1O. The molecule has 1 aromatic heterocycles. The Bertz CT molecular complexity index is 1320. The second-order valence-corrected chi connectivity index (χ2v) is 8.24. The van der Waals surface area contributed by atoms with Crippen LogP contribution in [-0.2, 0) is 16.1 Å². The summed E-state index contributed by atoms with van der Waals surface area (Å²) < 4.78 is 21.1. The lowest BCUT2D eigenvalue weighted by atomic mass is 9.87. The second-order valence-electron chi connectivity index (χ2n) is 8.24. The standard InChI is InChI=1S/C28H32N2O8/c1-5-37-23-13-17(7-12-22(23)36-4)15-29-24(31)14-20(18-8-10-19(35-3)11-9-18)25-26(32)21(16-30-27(25)33)28(34)38-6-2/h7-13,16,20H,5-6,14-15H2,1-4H3,(H,29,31)(H2,30,32,33)/t20-/m0/s1. The van der Waals surface area contributed by atoms with Gasteiger partial charge in [-0.15, -0.1) is 0 Å². The summed E-state index contributed by atoms with van der Waals surface area (Å²) in [5.41, 5.74) is 0.432. The number of aromatic hydroxyl groups is 1. The molecular formula is C28H32N2O8. The van der Waals surface area contributed by atoms with Crippen LogP contribution in [0.4, 0.5) is 0 Å². The number of pyridine rings is 1. The zero-order chi connectivity index (χ0) is 27.7. The maximum atomic E-state index is 13.1. The number of benzene rings is 2. The van der Waals surface area contributed by atoms with E-state index in [1.807, 2.05) is 13.0 Å². The molecule has 202 valence electrons. The number of carbonyl (C=O) groups excluding carboxylic acids is 2. The number of methoxy groups -OCH3 is 2. The number of ether oxygens (including phenoxy) is 4. The van der Waals surface area contributed by atoms with Gasteiger partial charge >= 0.3 is 5.97 Å². The topological polar surface area (TPSA) is 136 Å². The van der Waals surface area contributed by atoms with Crippen LogP contribution in [0.15, 0.2) is 53.5 Å². The van der Waals surface area contributed by atoms with Crippen molar-refractivity contribution in [2.45, 2.75) is 32.7 Å². The Morgan fingerprint density at radius 1 is 1.00 bits per heavy atom. The highest BCUT2D eigenvalue weighted by molar-refractivity contribution is 5.92. The van der Waals surface area contributed by atoms with Gasteiger partial charge in [0.25, 0.3) is 5.56 Å². The van der Waals surface area contributed by atoms with Crippen molar-refractivity contribution in [2.75, 3.05) is 27.4 Å². The molecule has 10 heteroatoms. The number of hydrogen-bond acceptors (Lipinski definition) is 8. The molecule has 1 heterocycles. The number of amides is 1. The molecule has 0 aliphatic rings. The van der Waals surface area contributed by atoms with Crippen molar-refractivity contribution >= 4 is 11.9 Å². The van der Waals surface area contributed by atoms with Gasteiger partial charge in [0.2, 0.25) is 5.91 Å². The summed E-state index contributed by atoms with van der Waals surface area (Å²) in [5.74, 6) is -0.834. The molecule has 0 radical (unpaired) electrons. The molecule has 0 unspecified atom stereocenters. The van der Waals surface area contributed by atoms with Crippen LogP contribution in [0.5, 0.6) is 23.0 Å². The van der Waals surface area contributed by atoms with Crippen LogP contribution in [0.2, 0.25) is 0 Å². The molecule has 1 amide bonds. The van der Waals surface area contributed by atoms with Crippen LogP contribution in [0.3, 0.4) is 0 Å². The van der Waals surface area contributed by atoms with Crippen LogP contribution in [0, 0.1) is 0 Å². The molecule has 0 spiro atoms. The van der Waals surface area contributed by atoms with Crippen molar-refractivity contribution in [1.29, 1.82) is 0 Å². The van der Waals surface area contributed by atoms with E-state index in [9.17, 15) is 19.5 Å². The number of H-pyrrole nitrogens is 1. The van der Waals surface area contributed by atoms with E-state index in [0.717, 1.165) is 11.8 Å². The van der Waals surface area contributed by atoms with Crippen molar-refractivity contribution in [3.05, 3.63) is 81.3 Å². The van der Waals surface area contributed by atoms with Crippen LogP contribution in [-0.4, -0.2) is 49.4 Å². The van der Waals surface area contributed by atoms with Crippen molar-refractivity contribution in [2.24, 2.45) is 0 Å². The Labute approximate surface area is 220 Å². The third-order valence-electron chi connectivity index (χ3n) is 5.87. The Hall–Kier alpha value is -4.47. The van der Waals surface area contributed by atoms with Gasteiger partial charge < -0.3 is 34.4 Å². The largest absolute Gasteiger partial charge is 0.506 e. The Kier molecular flexibility index (Phi) is 9.75. The Balaban J connectivity index is 1.91. The monoisotopic (exact) mass is 524 g/mol. The minimum Gasteiger partial charge on any atom is -0.506 e. The van der Waals surface area contributed by atoms with Gasteiger partial charge in [-0.1, -0.05) is 18.2 Å². The van der Waals surface area contributed by atoms with Gasteiger partial charge in [-0.25, -0.2) is 4.79 Å². The first-order chi connectivity index (χ1) is 18.3. The number of rotatable bonds is 12. The summed E-state index contributed by atoms with van der Waals surface area (Å²) >= 11 is 0. The lowest BCUT2D eigenvalue weighted by Gasteiger charge is -2.19. The average molecular weight is 525 g/mol. The van der Waals surface area contributed by atoms with E-state index in [0.29, 0.717) is 29.4 Å². The molecule has 3 aromatic rings. The van der Waals surface area contributed by atoms with Crippen LogP contribution < -0.4 is 25.1 Å². The summed E-state index contributed by atoms with van der Waals surface area (Å²) in [6.07, 6.45) is 0.924. The fraction of sp³-hybridized carbons (Fsp3) is 0.321. The third kappa shape index (κ3) is 6.64. The van der Waals surface area contributed by atoms with E-state index < -0.39 is 23.2 Å². The maximum Gasteiger partial charge on any atom is 0.343 e. The number of aromatic amines is 1. The molecule has 0 aliphatic carbocycles. The zero-order valence-electron chi connectivity index (χ0n) is 21.8. The normalized spacial score (nSPS) is 11.4. The first-order valence-electron chi connectivity index (χ1n) is 12.1. The summed E-state index contributed by atoms with van der Waals surface area (Å²) in [6, 6.07) is 12.1. The molecule has 0 saturated heterocycles. The fourth-order valence-electron chi connectivity index (χ4n) is 4.00. The number of nitrogens with one attached hydrogen (secondary N) is 2. The highest BCUT2D eigenvalue weighted by atomic mass is 16.5. The predicted molar refractivity (Wildman–Crippen MR) is 140 cm³/mol. The first kappa shape index (κ1) is 28.1. The van der Waals surface area contributed by atoms with Gasteiger partial charge in [-0.3, -0.25) is 9.59 Å². The summed E-state index contributed by atoms with van der Waals surface area (Å²) in [6.45, 7) is 4.24. The zero-order valence-corrected chi connectivity index (χ0v) is 21.8. The smallest absolute Gasteiger partial charge is 0.343 e. The molecule has 3 rings (SSSR count). The van der Waals surface area contributed by atoms with Crippen molar-refractivity contribution < 1.29 is 33.6 Å². The molecule has 0 aliphatic heterocycles. The van der Waals surface area contributed by atoms with Crippen molar-refractivity contribution in [1.82, 2.24) is 10.3 Å². The van der Waals surface area contributed by atoms with E-state index in [1.54, 1.807) is 50.4 Å². The highest BCUT2D eigenvalue weighted by Crippen LogP contribution is 2.34. The minimum atomic E-state index is -0.867. The van der Waals surface area contributed by atoms with Gasteiger partial charge in [0.05, 0.1) is 33.0 Å². The number of aromatic nitrogens is 1. The lowest BCUT2D eigenvalue weighted by molar-refractivity contribution is -0.121. The molecule has 38 heavy (non-hydrogen) atoms. The van der Waals surface area contributed by atoms with Gasteiger partial charge in [-0.05, 0) is 49.2 Å². The highest BCUT2D eigenvalue weighted by Gasteiger charge is 2.28. The van der Waals surface area contributed by atoms with Crippen molar-refractivity contribution in [3.8, 4) is 23.0 Å². The van der Waals surface area contributed by atoms with Crippen LogP contribution in [0.25, 0.3) is 0 Å². The summed E-state index contributed by atoms with van der Waals surface area (Å²) in [5, 5.41) is 13.8. The van der Waals surface area contributed by atoms with Gasteiger partial charge in [0.15, 0.2) is 11.5 Å². The number of esters is 1. The van der Waals surface area contributed by atoms with Gasteiger partial charge in [-0.2, -0.15) is 0 Å². The van der Waals surface area contributed by atoms with E-state index in [-0.39, 0.29) is 36.6 Å². The predicted octanol–water partition coefficient (Wildman–Crippen LogP) is 3.51. The van der Waals surface area contributed by atoms with Crippen molar-refractivity contribution in [3.63, 3.8) is 0 Å². The molecule has 10 nitrogen and oxygen atoms in total. The molecule has 0 saturated carbocycles. The van der Waals surface area contributed by atoms with Gasteiger partial charge in [0.1, 0.15) is 17.1 Å². The second kappa shape index (κ2) is 13.2. The number of carbonyl (C=O) groups is 2. The maximum absolute atomic E-state index is 13.1. The fourth-order valence-corrected chi connectivity index (χ4v) is 4.00. The van der Waals surface area contributed by atoms with E-state index >= 15 is 0 Å². The molecule has 2 aromatic carbocycles. The molecular weight excluding hydrogens is 492 g/mol. The van der Waals surface area contributed by atoms with Gasteiger partial charge in [0, 0.05) is 25.1 Å². The third-order valence-corrected chi connectivity index (χ3v) is 5.87. The molecule has 0 fully saturated rings. The molecule has 1 atom stereocenters. The first-order valence-corrected chi connectivity index (χ1v) is 12.1. The lowest BCUT2D eigenvalue weighted by Crippen LogP contribution is -2.27. The quantitative estimate of drug-likeness (QED) is 0.306. The minimum absolute atomic E-state index is 0.0907. The Morgan fingerprint density at radius 3 is 2.37 bits per heavy atom. The summed E-state index contributed by atoms with van der Waals surface area (Å²) in [7, 11) is 3.07. The molecule has 3 N–H and O–H groups in total. The van der Waals surface area contributed by atoms with E-state index in [4.69, 9.17) is 18.9 Å².